The molecule has 0 saturated heterocycles. The number of carbonyl (C=O) groups is 1. The quantitative estimate of drug-likeness (QED) is 0.836. The number of rotatable bonds is 3. The van der Waals surface area contributed by atoms with Crippen LogP contribution in [-0.4, -0.2) is 29.0 Å². The second-order valence-electron chi connectivity index (χ2n) is 5.54. The van der Waals surface area contributed by atoms with Crippen LogP contribution < -0.4 is 10.6 Å². The van der Waals surface area contributed by atoms with E-state index in [1.165, 1.54) is 0 Å². The predicted octanol–water partition coefficient (Wildman–Crippen LogP) is 2.28. The van der Waals surface area contributed by atoms with E-state index >= 15 is 0 Å². The maximum atomic E-state index is 11.5. The second kappa shape index (κ2) is 5.74. The van der Waals surface area contributed by atoms with Gasteiger partial charge in [0.1, 0.15) is 22.8 Å². The maximum Gasteiger partial charge on any atom is 0.241 e. The topological polar surface area (TPSA) is 66.9 Å². The second-order valence-corrected chi connectivity index (χ2v) is 5.90. The van der Waals surface area contributed by atoms with Crippen LogP contribution in [0.3, 0.4) is 0 Å². The van der Waals surface area contributed by atoms with E-state index in [-0.39, 0.29) is 17.4 Å². The predicted molar refractivity (Wildman–Crippen MR) is 77.6 cm³/mol. The summed E-state index contributed by atoms with van der Waals surface area (Å²) >= 11 is 6.13. The highest BCUT2D eigenvalue weighted by atomic mass is 35.5. The van der Waals surface area contributed by atoms with E-state index in [4.69, 9.17) is 11.6 Å². The van der Waals surface area contributed by atoms with Gasteiger partial charge in [0.25, 0.3) is 0 Å². The zero-order valence-electron chi connectivity index (χ0n) is 12.3. The molecule has 0 fully saturated rings. The Kier molecular flexibility index (Phi) is 4.74. The molecule has 1 amide bonds. The van der Waals surface area contributed by atoms with Gasteiger partial charge in [-0.3, -0.25) is 4.79 Å². The van der Waals surface area contributed by atoms with Crippen molar-refractivity contribution < 1.29 is 4.79 Å². The summed E-state index contributed by atoms with van der Waals surface area (Å²) in [6.07, 6.45) is 0. The minimum Gasteiger partial charge on any atom is -0.358 e. The van der Waals surface area contributed by atoms with Gasteiger partial charge < -0.3 is 10.6 Å². The van der Waals surface area contributed by atoms with E-state index in [0.29, 0.717) is 16.8 Å². The standard InChI is InChI=1S/C13H21ClN4O/c1-7-9(14)17-12(13(3,4)5)18-10(7)16-8(2)11(19)15-6/h8H,1-6H3,(H,15,19)(H,16,17,18). The molecule has 5 nitrogen and oxygen atoms in total. The molecule has 1 aromatic rings. The first-order chi connectivity index (χ1) is 8.66. The minimum absolute atomic E-state index is 0.105. The Morgan fingerprint density at radius 1 is 1.32 bits per heavy atom. The number of nitrogens with zero attached hydrogens (tertiary/aromatic N) is 2. The lowest BCUT2D eigenvalue weighted by Crippen LogP contribution is -2.36. The lowest BCUT2D eigenvalue weighted by atomic mass is 9.95. The van der Waals surface area contributed by atoms with Crippen molar-refractivity contribution in [2.75, 3.05) is 12.4 Å². The summed E-state index contributed by atoms with van der Waals surface area (Å²) in [6, 6.07) is -0.387. The summed E-state index contributed by atoms with van der Waals surface area (Å²) in [7, 11) is 1.60. The van der Waals surface area contributed by atoms with E-state index < -0.39 is 0 Å². The molecule has 1 rings (SSSR count). The first-order valence-electron chi connectivity index (χ1n) is 6.19. The van der Waals surface area contributed by atoms with Gasteiger partial charge in [-0.2, -0.15) is 0 Å². The number of hydrogen-bond acceptors (Lipinski definition) is 4. The molecular weight excluding hydrogens is 264 g/mol. The van der Waals surface area contributed by atoms with Crippen molar-refractivity contribution >= 4 is 23.3 Å². The van der Waals surface area contributed by atoms with Crippen LogP contribution in [0.4, 0.5) is 5.82 Å². The van der Waals surface area contributed by atoms with Crippen LogP contribution in [0.1, 0.15) is 39.1 Å². The third kappa shape index (κ3) is 3.80. The van der Waals surface area contributed by atoms with Gasteiger partial charge in [-0.1, -0.05) is 32.4 Å². The Hall–Kier alpha value is -1.36. The fraction of sp³-hybridized carbons (Fsp3) is 0.615. The monoisotopic (exact) mass is 284 g/mol. The lowest BCUT2D eigenvalue weighted by molar-refractivity contribution is -0.121. The van der Waals surface area contributed by atoms with E-state index in [9.17, 15) is 4.79 Å². The molecule has 0 aromatic carbocycles. The summed E-state index contributed by atoms with van der Waals surface area (Å²) < 4.78 is 0. The average molecular weight is 285 g/mol. The summed E-state index contributed by atoms with van der Waals surface area (Å²) in [6.45, 7) is 9.64. The molecule has 0 aliphatic carbocycles. The van der Waals surface area contributed by atoms with Crippen LogP contribution in [0.2, 0.25) is 5.15 Å². The third-order valence-corrected chi connectivity index (χ3v) is 3.12. The SMILES string of the molecule is CNC(=O)C(C)Nc1nc(C(C)(C)C)nc(Cl)c1C. The molecule has 0 radical (unpaired) electrons. The molecule has 0 aliphatic heterocycles. The van der Waals surface area contributed by atoms with E-state index in [1.54, 1.807) is 14.0 Å². The van der Waals surface area contributed by atoms with Gasteiger partial charge >= 0.3 is 0 Å². The molecule has 0 saturated carbocycles. The number of amides is 1. The molecule has 106 valence electrons. The molecule has 1 unspecified atom stereocenters. The third-order valence-electron chi connectivity index (χ3n) is 2.75. The Bertz CT molecular complexity index is 482. The number of aromatic nitrogens is 2. The molecule has 1 aromatic heterocycles. The molecule has 1 heterocycles. The molecule has 6 heteroatoms. The molecule has 0 aliphatic rings. The van der Waals surface area contributed by atoms with Crippen molar-refractivity contribution in [3.63, 3.8) is 0 Å². The highest BCUT2D eigenvalue weighted by molar-refractivity contribution is 6.30. The van der Waals surface area contributed by atoms with Crippen LogP contribution in [-0.2, 0) is 10.2 Å². The van der Waals surface area contributed by atoms with E-state index in [2.05, 4.69) is 20.6 Å². The zero-order chi connectivity index (χ0) is 14.8. The van der Waals surface area contributed by atoms with E-state index in [1.807, 2.05) is 27.7 Å². The highest BCUT2D eigenvalue weighted by Gasteiger charge is 2.22. The van der Waals surface area contributed by atoms with Crippen LogP contribution >= 0.6 is 11.6 Å². The van der Waals surface area contributed by atoms with Crippen molar-refractivity contribution in [3.8, 4) is 0 Å². The number of halogens is 1. The average Bonchev–Trinajstić information content (AvgIpc) is 2.32. The van der Waals surface area contributed by atoms with Crippen molar-refractivity contribution in [2.24, 2.45) is 0 Å². The Morgan fingerprint density at radius 3 is 2.37 bits per heavy atom. The lowest BCUT2D eigenvalue weighted by Gasteiger charge is -2.21. The molecule has 0 bridgehead atoms. The van der Waals surface area contributed by atoms with Gasteiger partial charge in [0, 0.05) is 18.0 Å². The largest absolute Gasteiger partial charge is 0.358 e. The molecule has 0 spiro atoms. The van der Waals surface area contributed by atoms with Crippen LogP contribution in [0.15, 0.2) is 0 Å². The van der Waals surface area contributed by atoms with Gasteiger partial charge in [-0.25, -0.2) is 9.97 Å². The summed E-state index contributed by atoms with van der Waals surface area (Å²) in [4.78, 5) is 20.3. The zero-order valence-corrected chi connectivity index (χ0v) is 13.0. The Morgan fingerprint density at radius 2 is 1.89 bits per heavy atom. The maximum absolute atomic E-state index is 11.5. The smallest absolute Gasteiger partial charge is 0.241 e. The first kappa shape index (κ1) is 15.7. The highest BCUT2D eigenvalue weighted by Crippen LogP contribution is 2.26. The fourth-order valence-electron chi connectivity index (χ4n) is 1.45. The summed E-state index contributed by atoms with van der Waals surface area (Å²) in [5, 5.41) is 6.06. The number of carbonyl (C=O) groups excluding carboxylic acids is 1. The van der Waals surface area contributed by atoms with Crippen molar-refractivity contribution in [1.82, 2.24) is 15.3 Å². The van der Waals surface area contributed by atoms with Crippen LogP contribution in [0, 0.1) is 6.92 Å². The Balaban J connectivity index is 3.13. The Labute approximate surface area is 119 Å². The number of likely N-dealkylation sites (N-methyl/N-ethyl adjacent to an activating group) is 1. The molecule has 2 N–H and O–H groups in total. The van der Waals surface area contributed by atoms with Gasteiger partial charge in [-0.15, -0.1) is 0 Å². The van der Waals surface area contributed by atoms with Crippen molar-refractivity contribution in [3.05, 3.63) is 16.5 Å². The number of hydrogen-bond donors (Lipinski definition) is 2. The van der Waals surface area contributed by atoms with Gasteiger partial charge in [0.2, 0.25) is 5.91 Å². The van der Waals surface area contributed by atoms with Crippen LogP contribution in [0.25, 0.3) is 0 Å². The van der Waals surface area contributed by atoms with Crippen molar-refractivity contribution in [2.45, 2.75) is 46.1 Å². The first-order valence-corrected chi connectivity index (χ1v) is 6.57. The molecule has 19 heavy (non-hydrogen) atoms. The molecular formula is C13H21ClN4O. The summed E-state index contributed by atoms with van der Waals surface area (Å²) in [5.74, 6) is 1.14. The van der Waals surface area contributed by atoms with E-state index in [0.717, 1.165) is 5.56 Å². The molecule has 1 atom stereocenters. The van der Waals surface area contributed by atoms with Crippen LogP contribution in [0.5, 0.6) is 0 Å². The summed E-state index contributed by atoms with van der Waals surface area (Å²) in [5.41, 5.74) is 0.537. The van der Waals surface area contributed by atoms with Gasteiger partial charge in [0.05, 0.1) is 0 Å². The normalized spacial score (nSPS) is 13.0. The van der Waals surface area contributed by atoms with Gasteiger partial charge in [0.15, 0.2) is 0 Å². The van der Waals surface area contributed by atoms with Crippen molar-refractivity contribution in [1.29, 1.82) is 0 Å². The van der Waals surface area contributed by atoms with Gasteiger partial charge in [-0.05, 0) is 13.8 Å². The number of anilines is 1. The fourth-order valence-corrected chi connectivity index (χ4v) is 1.62. The number of nitrogens with one attached hydrogen (secondary N) is 2. The minimum atomic E-state index is -0.387.